The number of aromatic nitrogens is 1. The summed E-state index contributed by atoms with van der Waals surface area (Å²) < 4.78 is 5.31. The maximum Gasteiger partial charge on any atom is 0.127 e. The van der Waals surface area contributed by atoms with E-state index in [1.165, 1.54) is 0 Å². The number of pyridine rings is 1. The zero-order chi connectivity index (χ0) is 14.5. The van der Waals surface area contributed by atoms with Gasteiger partial charge in [0.1, 0.15) is 11.8 Å². The number of rotatable bonds is 3. The van der Waals surface area contributed by atoms with Gasteiger partial charge in [-0.25, -0.2) is 0 Å². The molecule has 4 heteroatoms. The molecule has 0 aliphatic carbocycles. The number of ether oxygens (including phenoxy) is 1. The number of allylic oxidation sites excluding steroid dienone is 1. The minimum Gasteiger partial charge on any atom is -0.496 e. The number of aryl methyl sites for hydroxylation is 1. The lowest BCUT2D eigenvalue weighted by atomic mass is 10.0. The SMILES string of the molecule is COc1ccc(C)cc1/C(Cl)=C(/C#N)c1cccnc1. The predicted molar refractivity (Wildman–Crippen MR) is 80.2 cm³/mol. The maximum absolute atomic E-state index is 9.38. The summed E-state index contributed by atoms with van der Waals surface area (Å²) in [7, 11) is 1.58. The second kappa shape index (κ2) is 6.23. The van der Waals surface area contributed by atoms with E-state index in [9.17, 15) is 5.26 Å². The minimum atomic E-state index is 0.362. The molecular weight excluding hydrogens is 272 g/mol. The Bertz CT molecular complexity index is 687. The van der Waals surface area contributed by atoms with Gasteiger partial charge in [-0.05, 0) is 25.1 Å². The standard InChI is InChI=1S/C16H13ClN2O/c1-11-5-6-15(20-2)13(8-11)16(17)14(9-18)12-4-3-7-19-10-12/h3-8,10H,1-2H3/b16-14+. The van der Waals surface area contributed by atoms with Gasteiger partial charge in [-0.2, -0.15) is 5.26 Å². The third-order valence-corrected chi connectivity index (χ3v) is 3.27. The number of methoxy groups -OCH3 is 1. The molecule has 20 heavy (non-hydrogen) atoms. The number of hydrogen-bond acceptors (Lipinski definition) is 3. The Balaban J connectivity index is 2.64. The zero-order valence-corrected chi connectivity index (χ0v) is 12.0. The number of nitriles is 1. The van der Waals surface area contributed by atoms with Crippen molar-refractivity contribution in [2.45, 2.75) is 6.92 Å². The van der Waals surface area contributed by atoms with Gasteiger partial charge in [-0.1, -0.05) is 29.3 Å². The van der Waals surface area contributed by atoms with Crippen molar-refractivity contribution in [2.24, 2.45) is 0 Å². The van der Waals surface area contributed by atoms with E-state index >= 15 is 0 Å². The highest BCUT2D eigenvalue weighted by molar-refractivity contribution is 6.53. The van der Waals surface area contributed by atoms with Crippen molar-refractivity contribution in [3.8, 4) is 11.8 Å². The van der Waals surface area contributed by atoms with E-state index < -0.39 is 0 Å². The highest BCUT2D eigenvalue weighted by atomic mass is 35.5. The summed E-state index contributed by atoms with van der Waals surface area (Å²) in [6, 6.07) is 11.4. The molecule has 0 N–H and O–H groups in total. The number of hydrogen-bond donors (Lipinski definition) is 0. The summed E-state index contributed by atoms with van der Waals surface area (Å²) in [4.78, 5) is 4.01. The Kier molecular flexibility index (Phi) is 4.39. The monoisotopic (exact) mass is 284 g/mol. The summed E-state index contributed by atoms with van der Waals surface area (Å²) in [5, 5.41) is 9.75. The molecule has 0 radical (unpaired) electrons. The largest absolute Gasteiger partial charge is 0.496 e. The van der Waals surface area contributed by atoms with E-state index in [4.69, 9.17) is 16.3 Å². The molecule has 0 saturated heterocycles. The molecule has 1 aromatic heterocycles. The van der Waals surface area contributed by atoms with Crippen molar-refractivity contribution in [3.05, 3.63) is 59.4 Å². The van der Waals surface area contributed by atoms with Crippen LogP contribution >= 0.6 is 11.6 Å². The van der Waals surface area contributed by atoms with Gasteiger partial charge in [0.2, 0.25) is 0 Å². The Morgan fingerprint density at radius 1 is 1.35 bits per heavy atom. The maximum atomic E-state index is 9.38. The third kappa shape index (κ3) is 2.81. The van der Waals surface area contributed by atoms with Crippen LogP contribution in [0.1, 0.15) is 16.7 Å². The van der Waals surface area contributed by atoms with Gasteiger partial charge in [-0.15, -0.1) is 0 Å². The summed E-state index contributed by atoms with van der Waals surface area (Å²) >= 11 is 6.41. The molecular formula is C16H13ClN2O. The average Bonchev–Trinajstić information content (AvgIpc) is 2.49. The topological polar surface area (TPSA) is 45.9 Å². The third-order valence-electron chi connectivity index (χ3n) is 2.87. The number of halogens is 1. The molecule has 0 atom stereocenters. The fourth-order valence-electron chi connectivity index (χ4n) is 1.88. The van der Waals surface area contributed by atoms with E-state index in [-0.39, 0.29) is 0 Å². The smallest absolute Gasteiger partial charge is 0.127 e. The predicted octanol–water partition coefficient (Wildman–Crippen LogP) is 4.03. The minimum absolute atomic E-state index is 0.362. The Morgan fingerprint density at radius 2 is 2.15 bits per heavy atom. The molecule has 2 rings (SSSR count). The number of nitrogens with zero attached hydrogens (tertiary/aromatic N) is 2. The first kappa shape index (κ1) is 14.1. The number of benzene rings is 1. The lowest BCUT2D eigenvalue weighted by Crippen LogP contribution is -1.93. The highest BCUT2D eigenvalue weighted by Gasteiger charge is 2.14. The van der Waals surface area contributed by atoms with E-state index in [1.807, 2.05) is 25.1 Å². The first-order chi connectivity index (χ1) is 9.67. The summed E-state index contributed by atoms with van der Waals surface area (Å²) in [6.45, 7) is 1.96. The van der Waals surface area contributed by atoms with Gasteiger partial charge in [-0.3, -0.25) is 4.98 Å². The van der Waals surface area contributed by atoms with E-state index in [1.54, 1.807) is 31.6 Å². The normalized spacial score (nSPS) is 11.5. The van der Waals surface area contributed by atoms with Gasteiger partial charge in [0.15, 0.2) is 0 Å². The van der Waals surface area contributed by atoms with Crippen molar-refractivity contribution in [1.82, 2.24) is 4.98 Å². The van der Waals surface area contributed by atoms with Crippen LogP contribution in [0.25, 0.3) is 10.6 Å². The van der Waals surface area contributed by atoms with E-state index in [0.29, 0.717) is 27.5 Å². The van der Waals surface area contributed by atoms with Gasteiger partial charge < -0.3 is 4.74 Å². The summed E-state index contributed by atoms with van der Waals surface area (Å²) in [5.41, 5.74) is 2.81. The molecule has 0 fully saturated rings. The molecule has 3 nitrogen and oxygen atoms in total. The van der Waals surface area contributed by atoms with Gasteiger partial charge >= 0.3 is 0 Å². The first-order valence-electron chi connectivity index (χ1n) is 6.02. The molecule has 0 amide bonds. The second-order valence-corrected chi connectivity index (χ2v) is 4.62. The lowest BCUT2D eigenvalue weighted by Gasteiger charge is -2.10. The molecule has 1 heterocycles. The molecule has 2 aromatic rings. The van der Waals surface area contributed by atoms with Crippen LogP contribution in [0, 0.1) is 18.3 Å². The molecule has 0 unspecified atom stereocenters. The van der Waals surface area contributed by atoms with Crippen LogP contribution in [0.2, 0.25) is 0 Å². The van der Waals surface area contributed by atoms with E-state index in [0.717, 1.165) is 5.56 Å². The molecule has 1 aromatic carbocycles. The average molecular weight is 285 g/mol. The van der Waals surface area contributed by atoms with Crippen LogP contribution < -0.4 is 4.74 Å². The molecule has 100 valence electrons. The summed E-state index contributed by atoms with van der Waals surface area (Å²) in [6.07, 6.45) is 3.27. The second-order valence-electron chi connectivity index (χ2n) is 4.25. The van der Waals surface area contributed by atoms with Gasteiger partial charge in [0.05, 0.1) is 17.7 Å². The Hall–Kier alpha value is -2.31. The van der Waals surface area contributed by atoms with Gasteiger partial charge in [0, 0.05) is 23.5 Å². The van der Waals surface area contributed by atoms with Crippen LogP contribution in [0.5, 0.6) is 5.75 Å². The van der Waals surface area contributed by atoms with Crippen molar-refractivity contribution in [3.63, 3.8) is 0 Å². The van der Waals surface area contributed by atoms with E-state index in [2.05, 4.69) is 11.1 Å². The van der Waals surface area contributed by atoms with Crippen LogP contribution in [-0.4, -0.2) is 12.1 Å². The fourth-order valence-corrected chi connectivity index (χ4v) is 2.18. The first-order valence-corrected chi connectivity index (χ1v) is 6.40. The molecule has 0 bridgehead atoms. The van der Waals surface area contributed by atoms with Gasteiger partial charge in [0.25, 0.3) is 0 Å². The van der Waals surface area contributed by atoms with Crippen molar-refractivity contribution in [1.29, 1.82) is 5.26 Å². The molecule has 0 saturated carbocycles. The van der Waals surface area contributed by atoms with Crippen LogP contribution in [-0.2, 0) is 0 Å². The summed E-state index contributed by atoms with van der Waals surface area (Å²) in [5.74, 6) is 0.636. The van der Waals surface area contributed by atoms with Crippen LogP contribution in [0.4, 0.5) is 0 Å². The molecule has 0 aliphatic rings. The molecule has 0 aliphatic heterocycles. The Labute approximate surface area is 123 Å². The lowest BCUT2D eigenvalue weighted by molar-refractivity contribution is 0.413. The quantitative estimate of drug-likeness (QED) is 0.800. The molecule has 0 spiro atoms. The van der Waals surface area contributed by atoms with Crippen molar-refractivity contribution < 1.29 is 4.74 Å². The van der Waals surface area contributed by atoms with Crippen molar-refractivity contribution >= 4 is 22.2 Å². The van der Waals surface area contributed by atoms with Crippen LogP contribution in [0.3, 0.4) is 0 Å². The Morgan fingerprint density at radius 3 is 2.75 bits per heavy atom. The van der Waals surface area contributed by atoms with Crippen LogP contribution in [0.15, 0.2) is 42.7 Å². The fraction of sp³-hybridized carbons (Fsp3) is 0.125. The zero-order valence-electron chi connectivity index (χ0n) is 11.2. The van der Waals surface area contributed by atoms with Crippen molar-refractivity contribution in [2.75, 3.05) is 7.11 Å². The highest BCUT2D eigenvalue weighted by Crippen LogP contribution is 2.35.